The molecule has 0 aliphatic rings. The molecule has 0 unspecified atom stereocenters. The van der Waals surface area contributed by atoms with E-state index in [9.17, 15) is 8.42 Å². The molecule has 6 nitrogen and oxygen atoms in total. The molecule has 0 saturated heterocycles. The van der Waals surface area contributed by atoms with Crippen molar-refractivity contribution in [3.8, 4) is 5.69 Å². The zero-order valence-electron chi connectivity index (χ0n) is 13.3. The van der Waals surface area contributed by atoms with Crippen LogP contribution in [-0.2, 0) is 14.8 Å². The van der Waals surface area contributed by atoms with Crippen LogP contribution in [0.1, 0.15) is 11.0 Å². The molecule has 132 valence electrons. The number of ether oxygens (including phenoxy) is 1. The van der Waals surface area contributed by atoms with Crippen LogP contribution >= 0.6 is 22.9 Å². The summed E-state index contributed by atoms with van der Waals surface area (Å²) in [6.07, 6.45) is 3.06. The Morgan fingerprint density at radius 1 is 1.28 bits per heavy atom. The van der Waals surface area contributed by atoms with E-state index < -0.39 is 16.1 Å². The molecule has 0 radical (unpaired) electrons. The van der Waals surface area contributed by atoms with Crippen LogP contribution in [-0.4, -0.2) is 31.9 Å². The molecule has 1 N–H and O–H groups in total. The van der Waals surface area contributed by atoms with Crippen molar-refractivity contribution in [2.75, 3.05) is 13.7 Å². The lowest BCUT2D eigenvalue weighted by atomic mass is 10.3. The largest absolute Gasteiger partial charge is 0.375 e. The summed E-state index contributed by atoms with van der Waals surface area (Å²) in [5.74, 6) is 0. The molecule has 0 saturated carbocycles. The third kappa shape index (κ3) is 4.28. The number of thiophene rings is 1. The third-order valence-electron chi connectivity index (χ3n) is 3.57. The van der Waals surface area contributed by atoms with Crippen LogP contribution in [0, 0.1) is 0 Å². The van der Waals surface area contributed by atoms with Crippen LogP contribution in [0.4, 0.5) is 0 Å². The number of hydrogen-bond acceptors (Lipinski definition) is 5. The Balaban J connectivity index is 1.71. The van der Waals surface area contributed by atoms with Crippen molar-refractivity contribution in [1.82, 2.24) is 14.5 Å². The van der Waals surface area contributed by atoms with Gasteiger partial charge in [-0.25, -0.2) is 17.8 Å². The van der Waals surface area contributed by atoms with E-state index in [2.05, 4.69) is 9.82 Å². The number of halogens is 1. The third-order valence-corrected chi connectivity index (χ3v) is 6.33. The van der Waals surface area contributed by atoms with Gasteiger partial charge in [0, 0.05) is 30.9 Å². The van der Waals surface area contributed by atoms with Crippen molar-refractivity contribution >= 4 is 33.0 Å². The van der Waals surface area contributed by atoms with E-state index in [-0.39, 0.29) is 11.4 Å². The van der Waals surface area contributed by atoms with Crippen LogP contribution in [0.2, 0.25) is 4.34 Å². The summed E-state index contributed by atoms with van der Waals surface area (Å²) in [5, 5.41) is 4.11. The second kappa shape index (κ2) is 7.67. The van der Waals surface area contributed by atoms with Crippen LogP contribution in [0.15, 0.2) is 59.8 Å². The van der Waals surface area contributed by atoms with Gasteiger partial charge in [0.15, 0.2) is 0 Å². The number of sulfonamides is 1. The number of nitrogens with one attached hydrogen (secondary N) is 1. The molecule has 1 aromatic carbocycles. The van der Waals surface area contributed by atoms with Crippen molar-refractivity contribution in [3.05, 3.63) is 64.1 Å². The Bertz CT molecular complexity index is 922. The van der Waals surface area contributed by atoms with Crippen molar-refractivity contribution in [2.45, 2.75) is 11.0 Å². The number of methoxy groups -OCH3 is 1. The van der Waals surface area contributed by atoms with Crippen LogP contribution in [0.25, 0.3) is 5.69 Å². The lowest BCUT2D eigenvalue weighted by molar-refractivity contribution is 0.110. The minimum atomic E-state index is -3.64. The van der Waals surface area contributed by atoms with Gasteiger partial charge in [-0.15, -0.1) is 11.3 Å². The van der Waals surface area contributed by atoms with Gasteiger partial charge < -0.3 is 4.74 Å². The van der Waals surface area contributed by atoms with Crippen LogP contribution in [0.3, 0.4) is 0 Å². The van der Waals surface area contributed by atoms with Crippen molar-refractivity contribution < 1.29 is 13.2 Å². The SMILES string of the molecule is CO[C@H](CNS(=O)(=O)c1ccc(-n2cccn2)cc1)c1ccc(Cl)s1. The molecule has 25 heavy (non-hydrogen) atoms. The van der Waals surface area contributed by atoms with Gasteiger partial charge in [0.25, 0.3) is 0 Å². The van der Waals surface area contributed by atoms with E-state index in [1.54, 1.807) is 53.5 Å². The number of rotatable bonds is 7. The standard InChI is InChI=1S/C16H16ClN3O3S2/c1-23-14(15-7-8-16(17)24-15)11-19-25(21,22)13-5-3-12(4-6-13)20-10-2-9-18-20/h2-10,14,19H,11H2,1H3/t14-/m1/s1. The molecule has 0 fully saturated rings. The molecule has 9 heteroatoms. The fourth-order valence-corrected chi connectivity index (χ4v) is 4.44. The van der Waals surface area contributed by atoms with Crippen molar-refractivity contribution in [3.63, 3.8) is 0 Å². The van der Waals surface area contributed by atoms with Gasteiger partial charge >= 0.3 is 0 Å². The van der Waals surface area contributed by atoms with Crippen molar-refractivity contribution in [1.29, 1.82) is 0 Å². The highest BCUT2D eigenvalue weighted by atomic mass is 35.5. The molecule has 2 heterocycles. The highest BCUT2D eigenvalue weighted by molar-refractivity contribution is 7.89. The van der Waals surface area contributed by atoms with Gasteiger partial charge in [-0.3, -0.25) is 0 Å². The monoisotopic (exact) mass is 397 g/mol. The Morgan fingerprint density at radius 2 is 2.04 bits per heavy atom. The molecule has 0 bridgehead atoms. The molecule has 2 aromatic heterocycles. The molecule has 0 spiro atoms. The Kier molecular flexibility index (Phi) is 5.55. The maximum absolute atomic E-state index is 12.5. The fraction of sp³-hybridized carbons (Fsp3) is 0.188. The lowest BCUT2D eigenvalue weighted by Crippen LogP contribution is -2.29. The summed E-state index contributed by atoms with van der Waals surface area (Å²) in [6, 6.07) is 11.9. The van der Waals surface area contributed by atoms with E-state index in [1.165, 1.54) is 18.4 Å². The van der Waals surface area contributed by atoms with E-state index >= 15 is 0 Å². The quantitative estimate of drug-likeness (QED) is 0.664. The zero-order chi connectivity index (χ0) is 17.9. The Labute approximate surface area is 155 Å². The minimum Gasteiger partial charge on any atom is -0.375 e. The Morgan fingerprint density at radius 3 is 2.60 bits per heavy atom. The first-order valence-corrected chi connectivity index (χ1v) is 10.0. The molecule has 3 rings (SSSR count). The molecule has 0 amide bonds. The predicted molar refractivity (Wildman–Crippen MR) is 97.8 cm³/mol. The summed E-state index contributed by atoms with van der Waals surface area (Å²) in [6.45, 7) is 0.122. The number of aromatic nitrogens is 2. The van der Waals surface area contributed by atoms with E-state index in [1.807, 2.05) is 6.07 Å². The number of hydrogen-bond donors (Lipinski definition) is 1. The summed E-state index contributed by atoms with van der Waals surface area (Å²) < 4.78 is 35.2. The van der Waals surface area contributed by atoms with Crippen LogP contribution in [0.5, 0.6) is 0 Å². The first-order valence-electron chi connectivity index (χ1n) is 7.37. The topological polar surface area (TPSA) is 73.2 Å². The molecule has 1 atom stereocenters. The number of benzene rings is 1. The number of nitrogens with zero attached hydrogens (tertiary/aromatic N) is 2. The lowest BCUT2D eigenvalue weighted by Gasteiger charge is -2.15. The van der Waals surface area contributed by atoms with Gasteiger partial charge in [0.1, 0.15) is 6.10 Å². The average Bonchev–Trinajstić information content (AvgIpc) is 3.27. The first-order chi connectivity index (χ1) is 12.0. The summed E-state index contributed by atoms with van der Waals surface area (Å²) in [7, 11) is -2.11. The van der Waals surface area contributed by atoms with Gasteiger partial charge in [0.2, 0.25) is 10.0 Å². The van der Waals surface area contributed by atoms with Crippen LogP contribution < -0.4 is 4.72 Å². The highest BCUT2D eigenvalue weighted by Gasteiger charge is 2.19. The minimum absolute atomic E-state index is 0.122. The van der Waals surface area contributed by atoms with E-state index in [0.717, 1.165) is 10.6 Å². The second-order valence-corrected chi connectivity index (χ2v) is 8.68. The zero-order valence-corrected chi connectivity index (χ0v) is 15.7. The van der Waals surface area contributed by atoms with Crippen molar-refractivity contribution in [2.24, 2.45) is 0 Å². The molecular formula is C16H16ClN3O3S2. The highest BCUT2D eigenvalue weighted by Crippen LogP contribution is 2.28. The molecule has 0 aliphatic carbocycles. The second-order valence-electron chi connectivity index (χ2n) is 5.16. The van der Waals surface area contributed by atoms with E-state index in [4.69, 9.17) is 16.3 Å². The predicted octanol–water partition coefficient (Wildman–Crippen LogP) is 3.25. The van der Waals surface area contributed by atoms with Gasteiger partial charge in [-0.05, 0) is 42.5 Å². The average molecular weight is 398 g/mol. The molecule has 3 aromatic rings. The van der Waals surface area contributed by atoms with Gasteiger partial charge in [0.05, 0.1) is 14.9 Å². The van der Waals surface area contributed by atoms with Gasteiger partial charge in [-0.2, -0.15) is 5.10 Å². The molecular weight excluding hydrogens is 382 g/mol. The summed E-state index contributed by atoms with van der Waals surface area (Å²) in [5.41, 5.74) is 0.784. The Hall–Kier alpha value is -1.71. The van der Waals surface area contributed by atoms with Gasteiger partial charge in [-0.1, -0.05) is 11.6 Å². The normalized spacial score (nSPS) is 13.0. The smallest absolute Gasteiger partial charge is 0.240 e. The summed E-state index contributed by atoms with van der Waals surface area (Å²) >= 11 is 7.28. The maximum Gasteiger partial charge on any atom is 0.240 e. The summed E-state index contributed by atoms with van der Waals surface area (Å²) in [4.78, 5) is 1.05. The maximum atomic E-state index is 12.5. The molecule has 0 aliphatic heterocycles. The fourth-order valence-electron chi connectivity index (χ4n) is 2.27. The first kappa shape index (κ1) is 18.1. The van der Waals surface area contributed by atoms with E-state index in [0.29, 0.717) is 4.34 Å².